The van der Waals surface area contributed by atoms with Crippen molar-refractivity contribution in [2.75, 3.05) is 75.0 Å². The molecule has 1 aromatic carbocycles. The molecule has 12 amide bonds. The van der Waals surface area contributed by atoms with Gasteiger partial charge in [0.25, 0.3) is 0 Å². The summed E-state index contributed by atoms with van der Waals surface area (Å²) in [7, 11) is 8.55. The van der Waals surface area contributed by atoms with Crippen molar-refractivity contribution in [2.45, 2.75) is 230 Å². The number of likely N-dealkylation sites (N-methyl/N-ethyl adjacent to an activating group) is 6. The number of likely N-dealkylation sites (tertiary alicyclic amines) is 1. The average Bonchev–Trinajstić information content (AvgIpc) is 1.70. The molecular formula is C69H104ClF3N12O12. The van der Waals surface area contributed by atoms with E-state index in [4.69, 9.17) is 11.6 Å². The van der Waals surface area contributed by atoms with E-state index in [2.05, 4.69) is 16.0 Å². The Kier molecular flexibility index (Phi) is 26.1. The van der Waals surface area contributed by atoms with Crippen LogP contribution in [-0.2, 0) is 70.1 Å². The van der Waals surface area contributed by atoms with E-state index in [0.717, 1.165) is 29.9 Å². The van der Waals surface area contributed by atoms with Gasteiger partial charge in [-0.2, -0.15) is 13.2 Å². The largest absolute Gasteiger partial charge is 0.417 e. The van der Waals surface area contributed by atoms with E-state index in [1.165, 1.54) is 89.6 Å². The van der Waals surface area contributed by atoms with Gasteiger partial charge < -0.3 is 60.0 Å². The van der Waals surface area contributed by atoms with E-state index in [9.17, 15) is 56.3 Å². The minimum atomic E-state index is -4.76. The fourth-order valence-electron chi connectivity index (χ4n) is 14.7. The first kappa shape index (κ1) is 77.3. The van der Waals surface area contributed by atoms with Gasteiger partial charge in [-0.15, -0.1) is 0 Å². The molecule has 2 saturated carbocycles. The van der Waals surface area contributed by atoms with E-state index < -0.39 is 172 Å². The first-order valence-corrected chi connectivity index (χ1v) is 35.2. The fourth-order valence-corrected chi connectivity index (χ4v) is 15.1. The fraction of sp³-hybridized carbons (Fsp3) is 0.739. The number of hydrogen-bond donors (Lipinski definition) is 3. The number of halogens is 4. The first-order chi connectivity index (χ1) is 45.6. The highest BCUT2D eigenvalue weighted by Crippen LogP contribution is 2.38. The van der Waals surface area contributed by atoms with Crippen molar-refractivity contribution in [2.24, 2.45) is 23.7 Å². The van der Waals surface area contributed by atoms with Crippen LogP contribution in [0.5, 0.6) is 0 Å². The molecule has 3 N–H and O–H groups in total. The minimum absolute atomic E-state index is 0.0337. The molecule has 0 bridgehead atoms. The van der Waals surface area contributed by atoms with Crippen molar-refractivity contribution in [1.29, 1.82) is 0 Å². The molecule has 540 valence electrons. The number of benzene rings is 1. The predicted molar refractivity (Wildman–Crippen MR) is 355 cm³/mol. The number of hydrogen-bond acceptors (Lipinski definition) is 12. The molecule has 97 heavy (non-hydrogen) atoms. The second-order valence-corrected chi connectivity index (χ2v) is 29.3. The summed E-state index contributed by atoms with van der Waals surface area (Å²) >= 11 is 6.13. The van der Waals surface area contributed by atoms with Crippen molar-refractivity contribution in [1.82, 2.24) is 60.0 Å². The third-order valence-corrected chi connectivity index (χ3v) is 21.7. The number of nitrogens with zero attached hydrogens (tertiary/aromatic N) is 9. The lowest BCUT2D eigenvalue weighted by Crippen LogP contribution is -2.65. The van der Waals surface area contributed by atoms with Crippen molar-refractivity contribution in [3.63, 3.8) is 0 Å². The number of carbonyl (C=O) groups excluding carboxylic acids is 12. The molecule has 4 heterocycles. The van der Waals surface area contributed by atoms with Gasteiger partial charge in [0, 0.05) is 68.5 Å². The monoisotopic (exact) mass is 1380 g/mol. The van der Waals surface area contributed by atoms with E-state index in [0.29, 0.717) is 70.0 Å². The molecule has 10 atom stereocenters. The molecule has 4 saturated heterocycles. The molecule has 4 aliphatic heterocycles. The second kappa shape index (κ2) is 32.7. The Morgan fingerprint density at radius 1 is 0.660 bits per heavy atom. The van der Waals surface area contributed by atoms with Crippen LogP contribution in [0, 0.1) is 23.7 Å². The summed E-state index contributed by atoms with van der Waals surface area (Å²) in [5.74, 6) is -9.25. The lowest BCUT2D eigenvalue weighted by Gasteiger charge is -2.46. The summed E-state index contributed by atoms with van der Waals surface area (Å²) in [6.07, 6.45) is 1.08. The molecule has 24 nitrogen and oxygen atoms in total. The summed E-state index contributed by atoms with van der Waals surface area (Å²) < 4.78 is 41.5. The highest BCUT2D eigenvalue weighted by molar-refractivity contribution is 6.31. The third-order valence-electron chi connectivity index (χ3n) is 21.4. The lowest BCUT2D eigenvalue weighted by molar-refractivity contribution is -0.161. The van der Waals surface area contributed by atoms with Crippen LogP contribution in [0.1, 0.15) is 169 Å². The average molecular weight is 1390 g/mol. The number of alkyl halides is 3. The zero-order chi connectivity index (χ0) is 71.9. The maximum absolute atomic E-state index is 15.4. The Morgan fingerprint density at radius 3 is 1.86 bits per heavy atom. The Balaban J connectivity index is 1.27. The summed E-state index contributed by atoms with van der Waals surface area (Å²) in [4.78, 5) is 190. The number of rotatable bonds is 10. The Morgan fingerprint density at radius 2 is 1.30 bits per heavy atom. The van der Waals surface area contributed by atoms with Crippen molar-refractivity contribution < 1.29 is 70.7 Å². The van der Waals surface area contributed by atoms with E-state index >= 15 is 14.4 Å². The van der Waals surface area contributed by atoms with Crippen LogP contribution in [0.3, 0.4) is 0 Å². The Hall–Kier alpha value is -7.06. The lowest BCUT2D eigenvalue weighted by atomic mass is 9.78. The van der Waals surface area contributed by atoms with Crippen LogP contribution in [0.4, 0.5) is 13.2 Å². The molecule has 2 aliphatic carbocycles. The van der Waals surface area contributed by atoms with Gasteiger partial charge in [-0.05, 0) is 132 Å². The zero-order valence-electron chi connectivity index (χ0n) is 58.9. The molecule has 6 aliphatic rings. The maximum Gasteiger partial charge on any atom is 0.417 e. The van der Waals surface area contributed by atoms with Crippen molar-refractivity contribution >= 4 is 82.5 Å². The highest BCUT2D eigenvalue weighted by atomic mass is 35.5. The zero-order valence-corrected chi connectivity index (χ0v) is 59.7. The Bertz CT molecular complexity index is 3100. The summed E-state index contributed by atoms with van der Waals surface area (Å²) in [5.41, 5.74) is -2.35. The van der Waals surface area contributed by atoms with Gasteiger partial charge in [-0.3, -0.25) is 57.5 Å². The van der Waals surface area contributed by atoms with Crippen LogP contribution >= 0.6 is 11.6 Å². The number of piperidine rings is 1. The summed E-state index contributed by atoms with van der Waals surface area (Å²) in [5, 5.41) is 8.11. The van der Waals surface area contributed by atoms with Crippen molar-refractivity contribution in [3.8, 4) is 0 Å². The van der Waals surface area contributed by atoms with Gasteiger partial charge in [0.15, 0.2) is 0 Å². The predicted octanol–water partition coefficient (Wildman–Crippen LogP) is 4.86. The number of aryl methyl sites for hydroxylation is 1. The second-order valence-electron chi connectivity index (χ2n) is 28.9. The van der Waals surface area contributed by atoms with Crippen molar-refractivity contribution in [3.05, 3.63) is 34.3 Å². The van der Waals surface area contributed by atoms with Gasteiger partial charge in [-0.1, -0.05) is 84.9 Å². The number of carbonyl (C=O) groups is 12. The molecule has 7 rings (SSSR count). The summed E-state index contributed by atoms with van der Waals surface area (Å²) in [6.45, 7) is 12.6. The van der Waals surface area contributed by atoms with Crippen LogP contribution in [0.25, 0.3) is 0 Å². The Labute approximate surface area is 574 Å². The molecule has 0 unspecified atom stereocenters. The normalized spacial score (nSPS) is 28.1. The van der Waals surface area contributed by atoms with Gasteiger partial charge in [0.05, 0.1) is 23.6 Å². The van der Waals surface area contributed by atoms with Gasteiger partial charge in [0.1, 0.15) is 59.9 Å². The molecule has 0 radical (unpaired) electrons. The topological polar surface area (TPSA) is 270 Å². The minimum Gasteiger partial charge on any atom is -0.343 e. The van der Waals surface area contributed by atoms with E-state index in [-0.39, 0.29) is 69.9 Å². The molecule has 0 aromatic heterocycles. The van der Waals surface area contributed by atoms with Crippen LogP contribution in [-0.4, -0.2) is 250 Å². The molecular weight excluding hydrogens is 1280 g/mol. The number of amides is 12. The van der Waals surface area contributed by atoms with Gasteiger partial charge in [0.2, 0.25) is 70.9 Å². The standard InChI is InChI=1S/C69H104ClF3N12O12/c1-14-42(6)55-64(94)78(9)43(7)60(90)85-35-29-50(85)62(92)81(12)57(45-22-20-23-45)65(95)77(8)39-53(86)74-48(28-26-44-25-27-46(47(70)37-44)69(71,72)73)61(91)84-34-21-24-49(84)59(89)76-68(30-16-17-31-68)67(97)82(13)56(41(4)5)66(96)80(11)52(63(93)83-32-18-15-19-33-83)38-54(87)79(10)51(36-40(2)3)58(88)75-55/h25,27,37,40-43,45,48-52,55-57H,14-24,26,28-36,38-39H2,1-13H3,(H,74,86)(H,75,88)(H,76,89)/t42-,43-,48-,49-,50-,51-,52-,55-,56-,57-/m0/s1. The molecule has 6 fully saturated rings. The smallest absolute Gasteiger partial charge is 0.343 e. The van der Waals surface area contributed by atoms with Crippen LogP contribution in [0.2, 0.25) is 5.02 Å². The van der Waals surface area contributed by atoms with Crippen LogP contribution in [0.15, 0.2) is 18.2 Å². The van der Waals surface area contributed by atoms with Gasteiger partial charge >= 0.3 is 6.18 Å². The molecule has 1 spiro atoms. The van der Waals surface area contributed by atoms with Gasteiger partial charge in [-0.25, -0.2) is 0 Å². The third kappa shape index (κ3) is 17.5. The number of nitrogens with one attached hydrogen (secondary N) is 3. The molecule has 1 aromatic rings. The maximum atomic E-state index is 15.4. The van der Waals surface area contributed by atoms with E-state index in [1.54, 1.807) is 25.7 Å². The quantitative estimate of drug-likeness (QED) is 0.284. The summed E-state index contributed by atoms with van der Waals surface area (Å²) in [6, 6.07) is -7.80. The SMILES string of the molecule is CC[C@H](C)[C@@H]1NC(=O)[C@H](CC(C)C)N(C)C(=O)C[C@@H](C(=O)N2CCCCC2)N(C)C(=O)[C@H](C(C)C)N(C)C(=O)C2(CCCC2)NC(=O)[C@@H]2CCCN2C(=O)[C@H](CCc2ccc(C(F)(F)F)c(Cl)c2)NC(=O)CN(C)C(=O)[C@H](C2CCC2)N(C)C(=O)[C@@H]2CCN2C(=O)[C@H](C)N(C)C1=O. The van der Waals surface area contributed by atoms with E-state index in [1.807, 2.05) is 20.8 Å². The first-order valence-electron chi connectivity index (χ1n) is 34.8. The molecule has 28 heteroatoms. The highest BCUT2D eigenvalue weighted by Gasteiger charge is 2.52. The number of fused-ring (bicyclic) bond motifs is 2. The van der Waals surface area contributed by atoms with Crippen LogP contribution < -0.4 is 16.0 Å².